The largest absolute Gasteiger partial charge is 0.369 e. The lowest BCUT2D eigenvalue weighted by molar-refractivity contribution is -0.122. The lowest BCUT2D eigenvalue weighted by atomic mass is 9.88. The number of hydrogen-bond acceptors (Lipinski definition) is 4. The number of nitrogens with two attached hydrogens (primary N) is 1. The van der Waals surface area contributed by atoms with Crippen molar-refractivity contribution in [3.8, 4) is 0 Å². The van der Waals surface area contributed by atoms with E-state index < -0.39 is 0 Å². The Kier molecular flexibility index (Phi) is 4.71. The van der Waals surface area contributed by atoms with E-state index in [1.54, 1.807) is 17.8 Å². The number of benzene rings is 1. The van der Waals surface area contributed by atoms with Gasteiger partial charge in [0, 0.05) is 11.2 Å². The third-order valence-corrected chi connectivity index (χ3v) is 5.90. The van der Waals surface area contributed by atoms with Gasteiger partial charge in [-0.15, -0.1) is 0 Å². The Hall–Kier alpha value is -1.82. The summed E-state index contributed by atoms with van der Waals surface area (Å²) in [7, 11) is 0. The molecule has 0 unspecified atom stereocenters. The molecule has 0 spiro atoms. The van der Waals surface area contributed by atoms with E-state index in [1.807, 2.05) is 19.1 Å². The van der Waals surface area contributed by atoms with Crippen molar-refractivity contribution in [1.29, 1.82) is 0 Å². The van der Waals surface area contributed by atoms with E-state index in [0.717, 1.165) is 42.6 Å². The first kappa shape index (κ1) is 16.1. The minimum absolute atomic E-state index is 0.0353. The van der Waals surface area contributed by atoms with Gasteiger partial charge in [0.1, 0.15) is 5.82 Å². The number of primary amides is 1. The number of thioether (sulfide) groups is 1. The first-order chi connectivity index (χ1) is 11.0. The summed E-state index contributed by atoms with van der Waals surface area (Å²) in [5.74, 6) is 1.27. The Balaban J connectivity index is 1.67. The van der Waals surface area contributed by atoms with Gasteiger partial charge >= 0.3 is 0 Å². The highest BCUT2D eigenvalue weighted by Gasteiger charge is 2.25. The molecule has 0 aliphatic heterocycles. The maximum Gasteiger partial charge on any atom is 0.258 e. The number of aromatic amines is 1. The molecule has 3 N–H and O–H groups in total. The minimum Gasteiger partial charge on any atom is -0.369 e. The zero-order valence-corrected chi connectivity index (χ0v) is 14.0. The second-order valence-corrected chi connectivity index (χ2v) is 7.46. The Labute approximate surface area is 139 Å². The zero-order valence-electron chi connectivity index (χ0n) is 13.2. The molecular weight excluding hydrogens is 310 g/mol. The molecule has 2 aromatic rings. The summed E-state index contributed by atoms with van der Waals surface area (Å²) >= 11 is 1.80. The first-order valence-corrected chi connectivity index (χ1v) is 8.99. The Bertz CT molecular complexity index is 779. The summed E-state index contributed by atoms with van der Waals surface area (Å²) in [6.45, 7) is 1.97. The van der Waals surface area contributed by atoms with Crippen molar-refractivity contribution < 1.29 is 4.79 Å². The summed E-state index contributed by atoms with van der Waals surface area (Å²) in [6, 6.07) is 5.65. The molecule has 122 valence electrons. The summed E-state index contributed by atoms with van der Waals surface area (Å²) in [4.78, 5) is 30.9. The number of fused-ring (bicyclic) bond motifs is 1. The van der Waals surface area contributed by atoms with Crippen molar-refractivity contribution in [2.45, 2.75) is 43.6 Å². The number of carbonyl (C=O) groups excluding carboxylic acids is 1. The van der Waals surface area contributed by atoms with Crippen LogP contribution in [0.5, 0.6) is 0 Å². The molecule has 5 nitrogen and oxygen atoms in total. The normalized spacial score (nSPS) is 21.4. The van der Waals surface area contributed by atoms with Crippen molar-refractivity contribution in [2.24, 2.45) is 11.7 Å². The molecule has 6 heteroatoms. The van der Waals surface area contributed by atoms with Crippen LogP contribution in [0, 0.1) is 12.8 Å². The number of hydrogen-bond donors (Lipinski definition) is 2. The monoisotopic (exact) mass is 331 g/mol. The van der Waals surface area contributed by atoms with Crippen LogP contribution in [-0.2, 0) is 10.5 Å². The van der Waals surface area contributed by atoms with Gasteiger partial charge in [0.2, 0.25) is 5.91 Å². The molecule has 0 saturated heterocycles. The number of para-hydroxylation sites is 1. The van der Waals surface area contributed by atoms with Crippen molar-refractivity contribution in [1.82, 2.24) is 9.97 Å². The van der Waals surface area contributed by atoms with E-state index in [2.05, 4.69) is 9.97 Å². The molecule has 1 amide bonds. The summed E-state index contributed by atoms with van der Waals surface area (Å²) in [6.07, 6.45) is 3.73. The van der Waals surface area contributed by atoms with Gasteiger partial charge in [-0.05, 0) is 44.2 Å². The van der Waals surface area contributed by atoms with Gasteiger partial charge in [0.25, 0.3) is 5.56 Å². The van der Waals surface area contributed by atoms with E-state index in [-0.39, 0.29) is 17.4 Å². The number of nitrogens with zero attached hydrogens (tertiary/aromatic N) is 1. The molecule has 1 aromatic carbocycles. The summed E-state index contributed by atoms with van der Waals surface area (Å²) in [5, 5.41) is 1.14. The molecule has 0 radical (unpaired) electrons. The predicted octanol–water partition coefficient (Wildman–Crippen LogP) is 2.51. The van der Waals surface area contributed by atoms with Gasteiger partial charge in [-0.3, -0.25) is 9.59 Å². The van der Waals surface area contributed by atoms with E-state index in [9.17, 15) is 9.59 Å². The van der Waals surface area contributed by atoms with Crippen LogP contribution in [0.4, 0.5) is 0 Å². The Morgan fingerprint density at radius 1 is 1.35 bits per heavy atom. The lowest BCUT2D eigenvalue weighted by Crippen LogP contribution is -2.28. The van der Waals surface area contributed by atoms with Crippen LogP contribution < -0.4 is 11.3 Å². The molecule has 0 atom stereocenters. The molecule has 3 rings (SSSR count). The third kappa shape index (κ3) is 3.58. The number of carbonyl (C=O) groups is 1. The predicted molar refractivity (Wildman–Crippen MR) is 93.3 cm³/mol. The van der Waals surface area contributed by atoms with Crippen LogP contribution >= 0.6 is 11.8 Å². The second-order valence-electron chi connectivity index (χ2n) is 6.17. The fourth-order valence-electron chi connectivity index (χ4n) is 3.13. The quantitative estimate of drug-likeness (QED) is 0.901. The van der Waals surface area contributed by atoms with Crippen molar-refractivity contribution in [2.75, 3.05) is 0 Å². The van der Waals surface area contributed by atoms with Crippen molar-refractivity contribution in [3.05, 3.63) is 39.9 Å². The van der Waals surface area contributed by atoms with Gasteiger partial charge in [0.05, 0.1) is 16.7 Å². The topological polar surface area (TPSA) is 88.8 Å². The molecule has 0 bridgehead atoms. The fourth-order valence-corrected chi connectivity index (χ4v) is 4.27. The standard InChI is InChI=1S/C17H21N3O2S/c1-10-3-2-4-13-15(10)19-14(20-17(13)22)9-23-12-7-5-11(6-8-12)16(18)21/h2-4,11-12H,5-9H2,1H3,(H2,18,21)(H,19,20,22). The third-order valence-electron chi connectivity index (χ3n) is 4.52. The van der Waals surface area contributed by atoms with Gasteiger partial charge in [0.15, 0.2) is 0 Å². The van der Waals surface area contributed by atoms with E-state index in [0.29, 0.717) is 16.4 Å². The highest BCUT2D eigenvalue weighted by atomic mass is 32.2. The maximum absolute atomic E-state index is 12.2. The molecule has 23 heavy (non-hydrogen) atoms. The van der Waals surface area contributed by atoms with Crippen molar-refractivity contribution in [3.63, 3.8) is 0 Å². The summed E-state index contributed by atoms with van der Waals surface area (Å²) in [5.41, 5.74) is 7.09. The molecular formula is C17H21N3O2S. The molecule has 1 saturated carbocycles. The second kappa shape index (κ2) is 6.74. The van der Waals surface area contributed by atoms with Crippen molar-refractivity contribution >= 4 is 28.6 Å². The maximum atomic E-state index is 12.2. The molecule has 1 aliphatic carbocycles. The number of aryl methyl sites for hydroxylation is 1. The van der Waals surface area contributed by atoms with E-state index in [1.165, 1.54) is 0 Å². The summed E-state index contributed by atoms with van der Waals surface area (Å²) < 4.78 is 0. The highest BCUT2D eigenvalue weighted by Crippen LogP contribution is 2.33. The number of aromatic nitrogens is 2. The lowest BCUT2D eigenvalue weighted by Gasteiger charge is -2.26. The molecule has 1 aliphatic rings. The van der Waals surface area contributed by atoms with Crippen LogP contribution in [0.25, 0.3) is 10.9 Å². The number of H-pyrrole nitrogens is 1. The fraction of sp³-hybridized carbons (Fsp3) is 0.471. The van der Waals surface area contributed by atoms with Gasteiger partial charge in [-0.25, -0.2) is 4.98 Å². The SMILES string of the molecule is Cc1cccc2c(=O)[nH]c(CSC3CCC(C(N)=O)CC3)nc12. The molecule has 1 aromatic heterocycles. The van der Waals surface area contributed by atoms with E-state index in [4.69, 9.17) is 5.73 Å². The highest BCUT2D eigenvalue weighted by molar-refractivity contribution is 7.99. The Morgan fingerprint density at radius 3 is 2.78 bits per heavy atom. The number of rotatable bonds is 4. The van der Waals surface area contributed by atoms with Crippen LogP contribution in [0.1, 0.15) is 37.1 Å². The van der Waals surface area contributed by atoms with Crippen LogP contribution in [0.15, 0.2) is 23.0 Å². The average Bonchev–Trinajstić information content (AvgIpc) is 2.54. The van der Waals surface area contributed by atoms with E-state index >= 15 is 0 Å². The first-order valence-electron chi connectivity index (χ1n) is 7.94. The van der Waals surface area contributed by atoms with Crippen LogP contribution in [0.2, 0.25) is 0 Å². The number of nitrogens with one attached hydrogen (secondary N) is 1. The van der Waals surface area contributed by atoms with Gasteiger partial charge in [-0.1, -0.05) is 12.1 Å². The minimum atomic E-state index is -0.176. The smallest absolute Gasteiger partial charge is 0.258 e. The zero-order chi connectivity index (χ0) is 16.4. The average molecular weight is 331 g/mol. The van der Waals surface area contributed by atoms with Crippen LogP contribution in [-0.4, -0.2) is 21.1 Å². The van der Waals surface area contributed by atoms with Gasteiger partial charge < -0.3 is 10.7 Å². The number of amides is 1. The van der Waals surface area contributed by atoms with Crippen LogP contribution in [0.3, 0.4) is 0 Å². The molecule has 1 fully saturated rings. The van der Waals surface area contributed by atoms with Gasteiger partial charge in [-0.2, -0.15) is 11.8 Å². The molecule has 1 heterocycles. The Morgan fingerprint density at radius 2 is 2.09 bits per heavy atom.